The quantitative estimate of drug-likeness (QED) is 0.126. The molecule has 18 heteroatoms. The van der Waals surface area contributed by atoms with Crippen LogP contribution in [0.25, 0.3) is 0 Å². The van der Waals surface area contributed by atoms with Gasteiger partial charge in [-0.25, -0.2) is 0 Å². The van der Waals surface area contributed by atoms with Gasteiger partial charge in [-0.2, -0.15) is 0 Å². The Hall–Kier alpha value is -3.87. The van der Waals surface area contributed by atoms with E-state index in [1.807, 2.05) is 0 Å². The summed E-state index contributed by atoms with van der Waals surface area (Å²) in [4.78, 5) is 90.2. The van der Waals surface area contributed by atoms with Crippen molar-refractivity contribution >= 4 is 41.4 Å². The monoisotopic (exact) mass is 627 g/mol. The molecule has 1 heterocycles. The topological polar surface area (TPSA) is 294 Å². The number of nitrogens with two attached hydrogens (primary N) is 3. The highest BCUT2D eigenvalue weighted by molar-refractivity contribution is 5.97. The number of carbonyl (C=O) groups excluding carboxylic acids is 7. The van der Waals surface area contributed by atoms with Crippen molar-refractivity contribution in [3.8, 4) is 0 Å². The SMILES string of the molecule is CN[C@H]1CCNC(=O)[C@H](C)NC(=O)[C@H](CCN)NC(=O)[C@H](CCN)NC(=O)[C@H](C)NC(=O)[C@@H](C)NC(=O)[C@H](CCN)NC1=O. The Morgan fingerprint density at radius 1 is 0.545 bits per heavy atom. The molecule has 1 rings (SSSR count). The first-order valence-electron chi connectivity index (χ1n) is 14.7. The number of amides is 7. The van der Waals surface area contributed by atoms with E-state index in [0.29, 0.717) is 0 Å². The molecule has 7 amide bonds. The van der Waals surface area contributed by atoms with Gasteiger partial charge in [0.15, 0.2) is 0 Å². The predicted molar refractivity (Wildman–Crippen MR) is 160 cm³/mol. The van der Waals surface area contributed by atoms with Crippen molar-refractivity contribution in [3.63, 3.8) is 0 Å². The van der Waals surface area contributed by atoms with Crippen molar-refractivity contribution in [2.45, 2.75) is 88.7 Å². The minimum atomic E-state index is -1.15. The molecule has 0 spiro atoms. The van der Waals surface area contributed by atoms with Crippen LogP contribution in [0.15, 0.2) is 0 Å². The number of hydrogen-bond acceptors (Lipinski definition) is 11. The van der Waals surface area contributed by atoms with Gasteiger partial charge in [0.2, 0.25) is 41.4 Å². The lowest BCUT2D eigenvalue weighted by Gasteiger charge is -2.25. The van der Waals surface area contributed by atoms with E-state index in [9.17, 15) is 33.6 Å². The average Bonchev–Trinajstić information content (AvgIpc) is 2.97. The predicted octanol–water partition coefficient (Wildman–Crippen LogP) is -5.89. The summed E-state index contributed by atoms with van der Waals surface area (Å²) < 4.78 is 0. The summed E-state index contributed by atoms with van der Waals surface area (Å²) in [6, 6.07) is -7.39. The van der Waals surface area contributed by atoms with Crippen LogP contribution < -0.4 is 59.7 Å². The molecule has 0 aliphatic carbocycles. The van der Waals surface area contributed by atoms with E-state index < -0.39 is 83.6 Å². The van der Waals surface area contributed by atoms with Gasteiger partial charge in [0.25, 0.3) is 0 Å². The standard InChI is InChI=1S/C26H49N11O7/c1-13-20(38)31-12-8-16(30-4)23(41)36-17(5-9-27)25(43)34-14(2)21(39)32-15(3)22(40)35-19(7-11-29)26(44)37-18(6-10-28)24(42)33-13/h13-19,30H,5-12,27-29H2,1-4H3,(H,31,38)(H,32,39)(H,33,42)(H,34,43)(H,35,40)(H,36,41)(H,37,44)/t13-,14+,15-,16-,17-,18-,19-/m0/s1. The molecule has 0 saturated carbocycles. The minimum absolute atomic E-state index is 0.0159. The molecule has 14 N–H and O–H groups in total. The maximum atomic E-state index is 13.1. The molecule has 18 nitrogen and oxygen atoms in total. The fraction of sp³-hybridized carbons (Fsp3) is 0.731. The van der Waals surface area contributed by atoms with Crippen LogP contribution in [-0.2, 0) is 33.6 Å². The largest absolute Gasteiger partial charge is 0.354 e. The van der Waals surface area contributed by atoms with E-state index in [4.69, 9.17) is 17.2 Å². The Bertz CT molecular complexity index is 1030. The van der Waals surface area contributed by atoms with Gasteiger partial charge < -0.3 is 59.7 Å². The molecule has 44 heavy (non-hydrogen) atoms. The van der Waals surface area contributed by atoms with Gasteiger partial charge in [-0.3, -0.25) is 33.6 Å². The Labute approximate surface area is 256 Å². The molecule has 1 fully saturated rings. The third kappa shape index (κ3) is 12.4. The van der Waals surface area contributed by atoms with Gasteiger partial charge >= 0.3 is 0 Å². The van der Waals surface area contributed by atoms with Crippen molar-refractivity contribution in [1.29, 1.82) is 0 Å². The third-order valence-electron chi connectivity index (χ3n) is 6.92. The van der Waals surface area contributed by atoms with Crippen molar-refractivity contribution in [2.75, 3.05) is 33.2 Å². The molecular formula is C26H49N11O7. The molecule has 0 aromatic rings. The second-order valence-corrected chi connectivity index (χ2v) is 10.5. The first-order valence-corrected chi connectivity index (χ1v) is 14.7. The lowest BCUT2D eigenvalue weighted by molar-refractivity contribution is -0.135. The Morgan fingerprint density at radius 2 is 0.886 bits per heavy atom. The number of likely N-dealkylation sites (N-methyl/N-ethyl adjacent to an activating group) is 1. The lowest BCUT2D eigenvalue weighted by atomic mass is 10.1. The Morgan fingerprint density at radius 3 is 1.32 bits per heavy atom. The molecule has 0 radical (unpaired) electrons. The van der Waals surface area contributed by atoms with E-state index in [-0.39, 0.29) is 51.9 Å². The maximum Gasteiger partial charge on any atom is 0.243 e. The highest BCUT2D eigenvalue weighted by Gasteiger charge is 2.31. The molecule has 250 valence electrons. The van der Waals surface area contributed by atoms with E-state index in [0.717, 1.165) is 0 Å². The molecule has 0 unspecified atom stereocenters. The van der Waals surface area contributed by atoms with Crippen LogP contribution in [0.4, 0.5) is 0 Å². The molecule has 1 saturated heterocycles. The van der Waals surface area contributed by atoms with Crippen LogP contribution in [0.1, 0.15) is 46.5 Å². The van der Waals surface area contributed by atoms with Crippen molar-refractivity contribution in [1.82, 2.24) is 42.5 Å². The zero-order valence-electron chi connectivity index (χ0n) is 25.8. The molecule has 7 atom stereocenters. The summed E-state index contributed by atoms with van der Waals surface area (Å²) in [5.41, 5.74) is 16.9. The van der Waals surface area contributed by atoms with Gasteiger partial charge in [0.05, 0.1) is 6.04 Å². The minimum Gasteiger partial charge on any atom is -0.354 e. The summed E-state index contributed by atoms with van der Waals surface area (Å²) in [5, 5.41) is 20.6. The highest BCUT2D eigenvalue weighted by atomic mass is 16.2. The van der Waals surface area contributed by atoms with Gasteiger partial charge in [-0.1, -0.05) is 0 Å². The number of hydrogen-bond donors (Lipinski definition) is 11. The summed E-state index contributed by atoms with van der Waals surface area (Å²) >= 11 is 0. The smallest absolute Gasteiger partial charge is 0.243 e. The van der Waals surface area contributed by atoms with E-state index in [1.54, 1.807) is 0 Å². The first kappa shape index (κ1) is 38.2. The van der Waals surface area contributed by atoms with Crippen LogP contribution >= 0.6 is 0 Å². The van der Waals surface area contributed by atoms with Gasteiger partial charge in [0.1, 0.15) is 36.3 Å². The molecule has 1 aliphatic rings. The number of carbonyl (C=O) groups is 7. The zero-order valence-corrected chi connectivity index (χ0v) is 25.8. The summed E-state index contributed by atoms with van der Waals surface area (Å²) in [5.74, 6) is -4.55. The van der Waals surface area contributed by atoms with Crippen LogP contribution in [0.3, 0.4) is 0 Å². The molecule has 0 aromatic heterocycles. The first-order chi connectivity index (χ1) is 20.8. The van der Waals surface area contributed by atoms with Gasteiger partial charge in [-0.15, -0.1) is 0 Å². The summed E-state index contributed by atoms with van der Waals surface area (Å²) in [6.07, 6.45) is 0.264. The second-order valence-electron chi connectivity index (χ2n) is 10.5. The zero-order chi connectivity index (χ0) is 33.4. The Balaban J connectivity index is 3.29. The van der Waals surface area contributed by atoms with E-state index in [1.165, 1.54) is 27.8 Å². The second kappa shape index (κ2) is 19.4. The van der Waals surface area contributed by atoms with Crippen molar-refractivity contribution in [2.24, 2.45) is 17.2 Å². The van der Waals surface area contributed by atoms with Gasteiger partial charge in [-0.05, 0) is 73.1 Å². The Kier molecular flexibility index (Phi) is 16.8. The average molecular weight is 628 g/mol. The number of rotatable bonds is 7. The lowest BCUT2D eigenvalue weighted by Crippen LogP contribution is -2.59. The molecule has 0 aromatic carbocycles. The van der Waals surface area contributed by atoms with E-state index >= 15 is 0 Å². The third-order valence-corrected chi connectivity index (χ3v) is 6.92. The van der Waals surface area contributed by atoms with Crippen LogP contribution in [-0.4, -0.2) is 117 Å². The van der Waals surface area contributed by atoms with Crippen molar-refractivity contribution in [3.05, 3.63) is 0 Å². The maximum absolute atomic E-state index is 13.1. The van der Waals surface area contributed by atoms with Crippen molar-refractivity contribution < 1.29 is 33.6 Å². The fourth-order valence-electron chi connectivity index (χ4n) is 4.21. The van der Waals surface area contributed by atoms with Crippen LogP contribution in [0, 0.1) is 0 Å². The summed E-state index contributed by atoms with van der Waals surface area (Å²) in [7, 11) is 1.53. The molecular weight excluding hydrogens is 578 g/mol. The normalized spacial score (nSPS) is 29.2. The summed E-state index contributed by atoms with van der Waals surface area (Å²) in [6.45, 7) is 4.38. The highest BCUT2D eigenvalue weighted by Crippen LogP contribution is 2.01. The number of nitrogens with one attached hydrogen (secondary N) is 8. The van der Waals surface area contributed by atoms with Crippen LogP contribution in [0.5, 0.6) is 0 Å². The molecule has 0 bridgehead atoms. The molecule has 1 aliphatic heterocycles. The van der Waals surface area contributed by atoms with Gasteiger partial charge in [0, 0.05) is 6.54 Å². The fourth-order valence-corrected chi connectivity index (χ4v) is 4.21. The van der Waals surface area contributed by atoms with E-state index in [2.05, 4.69) is 42.5 Å². The van der Waals surface area contributed by atoms with Crippen LogP contribution in [0.2, 0.25) is 0 Å².